The molecule has 1 N–H and O–H groups in total. The van der Waals surface area contributed by atoms with E-state index in [1.807, 2.05) is 24.4 Å². The number of aromatic nitrogens is 3. The van der Waals surface area contributed by atoms with Crippen molar-refractivity contribution < 1.29 is 0 Å². The maximum absolute atomic E-state index is 4.34. The summed E-state index contributed by atoms with van der Waals surface area (Å²) in [5.41, 5.74) is 0.919. The van der Waals surface area contributed by atoms with Gasteiger partial charge in [0.25, 0.3) is 0 Å². The second-order valence-electron chi connectivity index (χ2n) is 6.09. The lowest BCUT2D eigenvalue weighted by molar-refractivity contribution is 0.312. The summed E-state index contributed by atoms with van der Waals surface area (Å²) in [7, 11) is 0. The third-order valence-electron chi connectivity index (χ3n) is 4.50. The standard InChI is InChI=1S/C15H21N5/c1-11(15-18-17-14-4-2-3-8-20(14)15)16-12-7-9-19(10-12)13-5-6-13/h2-4,8,11-13,16H,5-7,9-10H2,1H3. The Hall–Kier alpha value is -1.46. The van der Waals surface area contributed by atoms with E-state index in [1.54, 1.807) is 0 Å². The van der Waals surface area contributed by atoms with Gasteiger partial charge in [0, 0.05) is 31.4 Å². The van der Waals surface area contributed by atoms with Gasteiger partial charge in [0.15, 0.2) is 11.5 Å². The molecule has 4 rings (SSSR count). The molecule has 20 heavy (non-hydrogen) atoms. The molecule has 3 heterocycles. The normalized spacial score (nSPS) is 25.4. The Morgan fingerprint density at radius 3 is 3.00 bits per heavy atom. The molecule has 2 atom stereocenters. The molecular formula is C15H21N5. The summed E-state index contributed by atoms with van der Waals surface area (Å²) >= 11 is 0. The summed E-state index contributed by atoms with van der Waals surface area (Å²) in [5.74, 6) is 1.01. The van der Waals surface area contributed by atoms with Gasteiger partial charge in [-0.25, -0.2) is 0 Å². The van der Waals surface area contributed by atoms with Crippen molar-refractivity contribution in [3.63, 3.8) is 0 Å². The fourth-order valence-electron chi connectivity index (χ4n) is 3.28. The van der Waals surface area contributed by atoms with Crippen LogP contribution in [0.4, 0.5) is 0 Å². The fraction of sp³-hybridized carbons (Fsp3) is 0.600. The minimum atomic E-state index is 0.233. The summed E-state index contributed by atoms with van der Waals surface area (Å²) < 4.78 is 2.07. The maximum Gasteiger partial charge on any atom is 0.160 e. The monoisotopic (exact) mass is 271 g/mol. The van der Waals surface area contributed by atoms with Crippen LogP contribution in [0.1, 0.15) is 38.1 Å². The first-order chi connectivity index (χ1) is 9.81. The van der Waals surface area contributed by atoms with Crippen LogP contribution in [0.25, 0.3) is 5.65 Å². The molecule has 2 aromatic rings. The van der Waals surface area contributed by atoms with Gasteiger partial charge in [0.05, 0.1) is 6.04 Å². The average Bonchev–Trinajstić information content (AvgIpc) is 3.06. The van der Waals surface area contributed by atoms with Crippen LogP contribution in [0.3, 0.4) is 0 Å². The van der Waals surface area contributed by atoms with Crippen molar-refractivity contribution in [3.8, 4) is 0 Å². The highest BCUT2D eigenvalue weighted by molar-refractivity contribution is 5.37. The van der Waals surface area contributed by atoms with Crippen LogP contribution in [0.2, 0.25) is 0 Å². The predicted molar refractivity (Wildman–Crippen MR) is 77.5 cm³/mol. The van der Waals surface area contributed by atoms with Crippen LogP contribution in [-0.4, -0.2) is 44.7 Å². The number of pyridine rings is 1. The van der Waals surface area contributed by atoms with Gasteiger partial charge >= 0.3 is 0 Å². The Morgan fingerprint density at radius 1 is 1.25 bits per heavy atom. The second kappa shape index (κ2) is 4.82. The zero-order valence-corrected chi connectivity index (χ0v) is 11.9. The van der Waals surface area contributed by atoms with E-state index >= 15 is 0 Å². The number of likely N-dealkylation sites (tertiary alicyclic amines) is 1. The van der Waals surface area contributed by atoms with Crippen molar-refractivity contribution in [1.82, 2.24) is 24.8 Å². The summed E-state index contributed by atoms with van der Waals surface area (Å²) in [6, 6.07) is 7.71. The lowest BCUT2D eigenvalue weighted by atomic mass is 10.2. The lowest BCUT2D eigenvalue weighted by Gasteiger charge is -2.19. The molecule has 2 aliphatic rings. The van der Waals surface area contributed by atoms with E-state index in [0.717, 1.165) is 17.5 Å². The highest BCUT2D eigenvalue weighted by Crippen LogP contribution is 2.30. The molecule has 1 aliphatic heterocycles. The Labute approximate surface area is 119 Å². The van der Waals surface area contributed by atoms with Gasteiger partial charge in [0.2, 0.25) is 0 Å². The van der Waals surface area contributed by atoms with E-state index < -0.39 is 0 Å². The molecule has 2 fully saturated rings. The molecule has 106 valence electrons. The van der Waals surface area contributed by atoms with Gasteiger partial charge in [-0.15, -0.1) is 10.2 Å². The first-order valence-corrected chi connectivity index (χ1v) is 7.61. The predicted octanol–water partition coefficient (Wildman–Crippen LogP) is 1.62. The van der Waals surface area contributed by atoms with Crippen LogP contribution >= 0.6 is 0 Å². The molecule has 2 aromatic heterocycles. The Morgan fingerprint density at radius 2 is 2.15 bits per heavy atom. The van der Waals surface area contributed by atoms with Crippen molar-refractivity contribution in [2.24, 2.45) is 0 Å². The molecule has 2 unspecified atom stereocenters. The van der Waals surface area contributed by atoms with Gasteiger partial charge in [-0.1, -0.05) is 6.07 Å². The maximum atomic E-state index is 4.34. The number of hydrogen-bond acceptors (Lipinski definition) is 4. The van der Waals surface area contributed by atoms with E-state index in [1.165, 1.54) is 32.4 Å². The average molecular weight is 271 g/mol. The van der Waals surface area contributed by atoms with E-state index in [2.05, 4.69) is 31.7 Å². The molecule has 0 aromatic carbocycles. The van der Waals surface area contributed by atoms with Crippen LogP contribution in [0.5, 0.6) is 0 Å². The molecule has 1 saturated heterocycles. The molecule has 1 saturated carbocycles. The van der Waals surface area contributed by atoms with E-state index in [0.29, 0.717) is 6.04 Å². The van der Waals surface area contributed by atoms with Gasteiger partial charge in [0.1, 0.15) is 0 Å². The molecule has 5 nitrogen and oxygen atoms in total. The summed E-state index contributed by atoms with van der Waals surface area (Å²) in [4.78, 5) is 2.63. The van der Waals surface area contributed by atoms with Crippen molar-refractivity contribution in [2.45, 2.75) is 44.3 Å². The van der Waals surface area contributed by atoms with E-state index in [4.69, 9.17) is 0 Å². The van der Waals surface area contributed by atoms with Crippen LogP contribution in [0, 0.1) is 0 Å². The molecule has 1 aliphatic carbocycles. The first kappa shape index (κ1) is 12.3. The Kier molecular flexibility index (Phi) is 2.97. The highest BCUT2D eigenvalue weighted by Gasteiger charge is 2.34. The largest absolute Gasteiger partial charge is 0.303 e. The van der Waals surface area contributed by atoms with Crippen LogP contribution in [0.15, 0.2) is 24.4 Å². The fourth-order valence-corrected chi connectivity index (χ4v) is 3.28. The minimum Gasteiger partial charge on any atom is -0.303 e. The lowest BCUT2D eigenvalue weighted by Crippen LogP contribution is -2.35. The SMILES string of the molecule is CC(NC1CCN(C2CC2)C1)c1nnc2ccccn12. The summed E-state index contributed by atoms with van der Waals surface area (Å²) in [6.45, 7) is 4.62. The zero-order chi connectivity index (χ0) is 13.5. The van der Waals surface area contributed by atoms with Crippen molar-refractivity contribution in [2.75, 3.05) is 13.1 Å². The molecule has 5 heteroatoms. The van der Waals surface area contributed by atoms with Gasteiger partial charge < -0.3 is 5.32 Å². The van der Waals surface area contributed by atoms with Crippen molar-refractivity contribution in [3.05, 3.63) is 30.2 Å². The molecule has 0 radical (unpaired) electrons. The summed E-state index contributed by atoms with van der Waals surface area (Å²) in [5, 5.41) is 12.3. The van der Waals surface area contributed by atoms with Crippen molar-refractivity contribution >= 4 is 5.65 Å². The van der Waals surface area contributed by atoms with Crippen LogP contribution < -0.4 is 5.32 Å². The Bertz CT molecular complexity index is 603. The Balaban J connectivity index is 1.46. The first-order valence-electron chi connectivity index (χ1n) is 7.61. The summed E-state index contributed by atoms with van der Waals surface area (Å²) in [6.07, 6.45) is 6.08. The van der Waals surface area contributed by atoms with E-state index in [-0.39, 0.29) is 6.04 Å². The second-order valence-corrected chi connectivity index (χ2v) is 6.09. The molecule has 0 amide bonds. The number of hydrogen-bond donors (Lipinski definition) is 1. The van der Waals surface area contributed by atoms with Gasteiger partial charge in [-0.3, -0.25) is 9.30 Å². The number of fused-ring (bicyclic) bond motifs is 1. The third kappa shape index (κ3) is 2.21. The number of nitrogens with one attached hydrogen (secondary N) is 1. The van der Waals surface area contributed by atoms with Gasteiger partial charge in [-0.05, 0) is 38.3 Å². The molecule has 0 spiro atoms. The minimum absolute atomic E-state index is 0.233. The molecular weight excluding hydrogens is 250 g/mol. The zero-order valence-electron chi connectivity index (χ0n) is 11.9. The quantitative estimate of drug-likeness (QED) is 0.918. The number of rotatable bonds is 4. The van der Waals surface area contributed by atoms with Crippen LogP contribution in [-0.2, 0) is 0 Å². The van der Waals surface area contributed by atoms with Gasteiger partial charge in [-0.2, -0.15) is 0 Å². The molecule has 0 bridgehead atoms. The van der Waals surface area contributed by atoms with Crippen molar-refractivity contribution in [1.29, 1.82) is 0 Å². The topological polar surface area (TPSA) is 45.5 Å². The highest BCUT2D eigenvalue weighted by atomic mass is 15.3. The smallest absolute Gasteiger partial charge is 0.160 e. The van der Waals surface area contributed by atoms with E-state index in [9.17, 15) is 0 Å². The third-order valence-corrected chi connectivity index (χ3v) is 4.50. The number of nitrogens with zero attached hydrogens (tertiary/aromatic N) is 4.